The van der Waals surface area contributed by atoms with Crippen molar-refractivity contribution in [2.75, 3.05) is 0 Å². The van der Waals surface area contributed by atoms with E-state index in [9.17, 15) is 0 Å². The average Bonchev–Trinajstić information content (AvgIpc) is 2.89. The summed E-state index contributed by atoms with van der Waals surface area (Å²) in [7, 11) is 0. The van der Waals surface area contributed by atoms with Crippen LogP contribution in [0.2, 0.25) is 0 Å². The minimum absolute atomic E-state index is 0.537. The number of unbranched alkanes of at least 4 members (excludes halogenated alkanes) is 6. The number of rotatable bonds is 10. The summed E-state index contributed by atoms with van der Waals surface area (Å²) < 4.78 is 0. The summed E-state index contributed by atoms with van der Waals surface area (Å²) in [5.41, 5.74) is 1.58. The number of hydrogen-bond acceptors (Lipinski definition) is 2. The van der Waals surface area contributed by atoms with Crippen LogP contribution in [-0.4, -0.2) is 10.2 Å². The van der Waals surface area contributed by atoms with E-state index in [0.29, 0.717) is 11.8 Å². The fourth-order valence-electron chi connectivity index (χ4n) is 5.73. The maximum atomic E-state index is 4.33. The molecule has 0 radical (unpaired) electrons. The Morgan fingerprint density at radius 2 is 1.00 bits per heavy atom. The lowest BCUT2D eigenvalue weighted by atomic mass is 9.80. The number of hydrogen-bond donors (Lipinski definition) is 0. The molecule has 2 heteroatoms. The molecule has 0 amide bonds. The van der Waals surface area contributed by atoms with Gasteiger partial charge in [-0.2, -0.15) is 0 Å². The third-order valence-electron chi connectivity index (χ3n) is 8.10. The molecule has 0 aromatic carbocycles. The third kappa shape index (κ3) is 10.2. The summed E-state index contributed by atoms with van der Waals surface area (Å²) in [4.78, 5) is 0. The van der Waals surface area contributed by atoms with Crippen molar-refractivity contribution in [3.63, 3.8) is 0 Å². The van der Waals surface area contributed by atoms with Crippen molar-refractivity contribution in [1.82, 2.24) is 10.2 Å². The van der Waals surface area contributed by atoms with Crippen LogP contribution in [0.5, 0.6) is 0 Å². The van der Waals surface area contributed by atoms with Crippen molar-refractivity contribution in [2.24, 2.45) is 23.7 Å². The van der Waals surface area contributed by atoms with E-state index < -0.39 is 0 Å². The van der Waals surface area contributed by atoms with Crippen molar-refractivity contribution < 1.29 is 0 Å². The molecule has 2 aliphatic carbocycles. The van der Waals surface area contributed by atoms with Gasteiger partial charge in [-0.15, -0.1) is 10.2 Å². The molecule has 2 aliphatic rings. The van der Waals surface area contributed by atoms with Gasteiger partial charge in [0, 0.05) is 11.8 Å². The molecule has 0 atom stereocenters. The second kappa shape index (κ2) is 16.0. The van der Waals surface area contributed by atoms with Gasteiger partial charge in [0.1, 0.15) is 11.4 Å². The van der Waals surface area contributed by atoms with Crippen LogP contribution in [0.4, 0.5) is 0 Å². The predicted molar refractivity (Wildman–Crippen MR) is 144 cm³/mol. The SMILES string of the molecule is CCCCCCC1CCC(C#Cc2ccc(C#CC3CCC(CCCCCC)CC3)nn2)CC1. The van der Waals surface area contributed by atoms with Crippen molar-refractivity contribution in [3.05, 3.63) is 23.5 Å². The zero-order chi connectivity index (χ0) is 23.8. The molecule has 0 unspecified atom stereocenters. The van der Waals surface area contributed by atoms with E-state index in [0.717, 1.165) is 23.2 Å². The molecule has 0 N–H and O–H groups in total. The van der Waals surface area contributed by atoms with Crippen LogP contribution in [0.3, 0.4) is 0 Å². The van der Waals surface area contributed by atoms with Crippen molar-refractivity contribution >= 4 is 0 Å². The van der Waals surface area contributed by atoms with Gasteiger partial charge >= 0.3 is 0 Å². The first kappa shape index (κ1) is 26.8. The second-order valence-electron chi connectivity index (χ2n) is 11.0. The van der Waals surface area contributed by atoms with Crippen LogP contribution in [0.1, 0.15) is 141 Å². The Bertz CT molecular complexity index is 718. The topological polar surface area (TPSA) is 25.8 Å². The Hall–Kier alpha value is -1.80. The maximum Gasteiger partial charge on any atom is 0.135 e. The van der Waals surface area contributed by atoms with Crippen LogP contribution >= 0.6 is 0 Å². The van der Waals surface area contributed by atoms with E-state index in [2.05, 4.69) is 47.7 Å². The molecule has 2 nitrogen and oxygen atoms in total. The summed E-state index contributed by atoms with van der Waals surface area (Å²) in [6.45, 7) is 4.58. The van der Waals surface area contributed by atoms with Gasteiger partial charge in [0.25, 0.3) is 0 Å². The Kier molecular flexibility index (Phi) is 12.6. The van der Waals surface area contributed by atoms with E-state index in [-0.39, 0.29) is 0 Å². The summed E-state index contributed by atoms with van der Waals surface area (Å²) in [5, 5.41) is 8.67. The molecule has 3 rings (SSSR count). The van der Waals surface area contributed by atoms with E-state index in [4.69, 9.17) is 0 Å². The fourth-order valence-corrected chi connectivity index (χ4v) is 5.73. The normalized spacial score (nSPS) is 24.5. The maximum absolute atomic E-state index is 4.33. The Morgan fingerprint density at radius 3 is 1.35 bits per heavy atom. The van der Waals surface area contributed by atoms with Gasteiger partial charge < -0.3 is 0 Å². The lowest BCUT2D eigenvalue weighted by Crippen LogP contribution is -2.13. The summed E-state index contributed by atoms with van der Waals surface area (Å²) in [5.74, 6) is 16.5. The van der Waals surface area contributed by atoms with Gasteiger partial charge in [-0.1, -0.05) is 89.9 Å². The quantitative estimate of drug-likeness (QED) is 0.258. The molecule has 1 aromatic rings. The lowest BCUT2D eigenvalue weighted by Gasteiger charge is -2.25. The number of aromatic nitrogens is 2. The minimum Gasteiger partial charge on any atom is -0.141 e. The van der Waals surface area contributed by atoms with Gasteiger partial charge in [0.15, 0.2) is 0 Å². The van der Waals surface area contributed by atoms with Crippen molar-refractivity contribution in [2.45, 2.75) is 129 Å². The summed E-state index contributed by atoms with van der Waals surface area (Å²) in [6, 6.07) is 3.99. The molecule has 2 saturated carbocycles. The van der Waals surface area contributed by atoms with Gasteiger partial charge in [-0.25, -0.2) is 0 Å². The first-order chi connectivity index (χ1) is 16.8. The molecule has 1 heterocycles. The van der Waals surface area contributed by atoms with Crippen molar-refractivity contribution in [1.29, 1.82) is 0 Å². The smallest absolute Gasteiger partial charge is 0.135 e. The molecule has 1 aromatic heterocycles. The van der Waals surface area contributed by atoms with Gasteiger partial charge in [0.05, 0.1) is 0 Å². The average molecular weight is 461 g/mol. The molecule has 2 fully saturated rings. The Morgan fingerprint density at radius 1 is 0.588 bits per heavy atom. The lowest BCUT2D eigenvalue weighted by molar-refractivity contribution is 0.294. The van der Waals surface area contributed by atoms with E-state index >= 15 is 0 Å². The Labute approximate surface area is 210 Å². The summed E-state index contributed by atoms with van der Waals surface area (Å²) >= 11 is 0. The molecule has 0 saturated heterocycles. The van der Waals surface area contributed by atoms with E-state index in [1.165, 1.54) is 116 Å². The standard InChI is InChI=1S/C32H48N2/c1-3-5-7-9-11-27-13-17-29(18-14-27)21-23-31-25-26-32(34-33-31)24-22-30-19-15-28(16-20-30)12-10-8-6-4-2/h25-30H,3-20H2,1-2H3. The van der Waals surface area contributed by atoms with Crippen LogP contribution in [0, 0.1) is 47.4 Å². The van der Waals surface area contributed by atoms with Crippen LogP contribution in [0.25, 0.3) is 0 Å². The monoisotopic (exact) mass is 460 g/mol. The highest BCUT2D eigenvalue weighted by Gasteiger charge is 2.20. The molecular weight excluding hydrogens is 412 g/mol. The fraction of sp³-hybridized carbons (Fsp3) is 0.750. The molecule has 186 valence electrons. The summed E-state index contributed by atoms with van der Waals surface area (Å²) in [6.07, 6.45) is 24.4. The second-order valence-corrected chi connectivity index (χ2v) is 11.0. The zero-order valence-corrected chi connectivity index (χ0v) is 22.1. The highest BCUT2D eigenvalue weighted by Crippen LogP contribution is 2.32. The first-order valence-corrected chi connectivity index (χ1v) is 14.6. The highest BCUT2D eigenvalue weighted by molar-refractivity contribution is 5.32. The van der Waals surface area contributed by atoms with Gasteiger partial charge in [-0.05, 0) is 87.2 Å². The van der Waals surface area contributed by atoms with E-state index in [1.54, 1.807) is 0 Å². The molecule has 0 bridgehead atoms. The largest absolute Gasteiger partial charge is 0.141 e. The third-order valence-corrected chi connectivity index (χ3v) is 8.10. The predicted octanol–water partition coefficient (Wildman–Crippen LogP) is 8.73. The van der Waals surface area contributed by atoms with E-state index in [1.807, 2.05) is 12.1 Å². The molecule has 34 heavy (non-hydrogen) atoms. The minimum atomic E-state index is 0.537. The van der Waals surface area contributed by atoms with Crippen LogP contribution < -0.4 is 0 Å². The van der Waals surface area contributed by atoms with Crippen LogP contribution in [-0.2, 0) is 0 Å². The number of nitrogens with zero attached hydrogens (tertiary/aromatic N) is 2. The van der Waals surface area contributed by atoms with Crippen molar-refractivity contribution in [3.8, 4) is 23.7 Å². The molecule has 0 aliphatic heterocycles. The van der Waals surface area contributed by atoms with Crippen LogP contribution in [0.15, 0.2) is 12.1 Å². The molecular formula is C32H48N2. The van der Waals surface area contributed by atoms with Gasteiger partial charge in [0.2, 0.25) is 0 Å². The first-order valence-electron chi connectivity index (χ1n) is 14.6. The molecule has 0 spiro atoms. The highest BCUT2D eigenvalue weighted by atomic mass is 15.1. The zero-order valence-electron chi connectivity index (χ0n) is 22.1. The van der Waals surface area contributed by atoms with Gasteiger partial charge in [-0.3, -0.25) is 0 Å². The Balaban J connectivity index is 1.35.